The van der Waals surface area contributed by atoms with Crippen LogP contribution in [0.3, 0.4) is 0 Å². The van der Waals surface area contributed by atoms with Crippen molar-refractivity contribution in [3.8, 4) is 0 Å². The maximum atomic E-state index is 9.28. The number of hydrogen-bond acceptors (Lipinski definition) is 4. The summed E-state index contributed by atoms with van der Waals surface area (Å²) in [5.74, 6) is 2.04. The molecular formula is C14H26N4O. The van der Waals surface area contributed by atoms with Crippen molar-refractivity contribution in [2.75, 3.05) is 13.2 Å². The summed E-state index contributed by atoms with van der Waals surface area (Å²) in [7, 11) is 2.03. The van der Waals surface area contributed by atoms with Gasteiger partial charge in [0.15, 0.2) is 0 Å². The van der Waals surface area contributed by atoms with Gasteiger partial charge in [0.25, 0.3) is 0 Å². The second-order valence-electron chi connectivity index (χ2n) is 5.43. The first-order valence-corrected chi connectivity index (χ1v) is 7.48. The summed E-state index contributed by atoms with van der Waals surface area (Å²) in [6.07, 6.45) is 7.38. The Bertz CT molecular complexity index is 385. The zero-order valence-corrected chi connectivity index (χ0v) is 12.2. The molecule has 1 saturated carbocycles. The van der Waals surface area contributed by atoms with Crippen molar-refractivity contribution in [3.63, 3.8) is 0 Å². The highest BCUT2D eigenvalue weighted by Crippen LogP contribution is 2.23. The highest BCUT2D eigenvalue weighted by molar-refractivity contribution is 4.95. The minimum atomic E-state index is 0.217. The Balaban J connectivity index is 2.04. The Hall–Kier alpha value is -0.940. The smallest absolute Gasteiger partial charge is 0.146 e. The number of hydrogen-bond donors (Lipinski definition) is 1. The Morgan fingerprint density at radius 1 is 1.21 bits per heavy atom. The van der Waals surface area contributed by atoms with Crippen LogP contribution in [0.2, 0.25) is 0 Å². The van der Waals surface area contributed by atoms with Gasteiger partial charge in [-0.3, -0.25) is 4.90 Å². The molecule has 2 rings (SSSR count). The topological polar surface area (TPSA) is 54.2 Å². The third-order valence-corrected chi connectivity index (χ3v) is 4.19. The Kier molecular flexibility index (Phi) is 5.34. The van der Waals surface area contributed by atoms with Gasteiger partial charge >= 0.3 is 0 Å². The molecule has 0 amide bonds. The summed E-state index contributed by atoms with van der Waals surface area (Å²) >= 11 is 0. The van der Waals surface area contributed by atoms with E-state index in [1.54, 1.807) is 0 Å². The summed E-state index contributed by atoms with van der Waals surface area (Å²) in [6.45, 7) is 3.85. The van der Waals surface area contributed by atoms with Crippen molar-refractivity contribution in [2.24, 2.45) is 7.05 Å². The van der Waals surface area contributed by atoms with Crippen LogP contribution in [-0.2, 0) is 20.0 Å². The largest absolute Gasteiger partial charge is 0.395 e. The van der Waals surface area contributed by atoms with Gasteiger partial charge in [0.05, 0.1) is 13.2 Å². The van der Waals surface area contributed by atoms with Crippen LogP contribution in [0.1, 0.15) is 50.7 Å². The van der Waals surface area contributed by atoms with Crippen molar-refractivity contribution >= 4 is 0 Å². The first-order valence-electron chi connectivity index (χ1n) is 7.48. The zero-order chi connectivity index (χ0) is 13.7. The van der Waals surface area contributed by atoms with Gasteiger partial charge in [-0.2, -0.15) is 0 Å². The molecule has 1 aliphatic rings. The highest BCUT2D eigenvalue weighted by Gasteiger charge is 2.22. The highest BCUT2D eigenvalue weighted by atomic mass is 16.3. The predicted molar refractivity (Wildman–Crippen MR) is 74.7 cm³/mol. The first-order chi connectivity index (χ1) is 9.26. The van der Waals surface area contributed by atoms with Crippen LogP contribution in [0.4, 0.5) is 0 Å². The first kappa shape index (κ1) is 14.5. The fraction of sp³-hybridized carbons (Fsp3) is 0.857. The Labute approximate surface area is 115 Å². The number of nitrogens with zero attached hydrogens (tertiary/aromatic N) is 4. The van der Waals surface area contributed by atoms with E-state index in [-0.39, 0.29) is 6.61 Å². The number of rotatable bonds is 6. The van der Waals surface area contributed by atoms with Crippen molar-refractivity contribution in [1.82, 2.24) is 19.7 Å². The zero-order valence-electron chi connectivity index (χ0n) is 12.2. The van der Waals surface area contributed by atoms with E-state index in [4.69, 9.17) is 0 Å². The molecule has 5 nitrogen and oxygen atoms in total. The van der Waals surface area contributed by atoms with Crippen LogP contribution in [-0.4, -0.2) is 44.0 Å². The lowest BCUT2D eigenvalue weighted by Gasteiger charge is -2.33. The van der Waals surface area contributed by atoms with Crippen LogP contribution in [0.5, 0.6) is 0 Å². The fourth-order valence-corrected chi connectivity index (χ4v) is 2.99. The summed E-state index contributed by atoms with van der Waals surface area (Å²) < 4.78 is 2.09. The van der Waals surface area contributed by atoms with Gasteiger partial charge in [-0.15, -0.1) is 10.2 Å². The van der Waals surface area contributed by atoms with E-state index in [9.17, 15) is 5.11 Å². The van der Waals surface area contributed by atoms with Gasteiger partial charge in [-0.05, 0) is 12.8 Å². The van der Waals surface area contributed by atoms with Crippen LogP contribution >= 0.6 is 0 Å². The van der Waals surface area contributed by atoms with Crippen LogP contribution in [0.15, 0.2) is 0 Å². The molecule has 0 aliphatic heterocycles. The molecule has 5 heteroatoms. The van der Waals surface area contributed by atoms with E-state index in [2.05, 4.69) is 26.6 Å². The average molecular weight is 266 g/mol. The van der Waals surface area contributed by atoms with Gasteiger partial charge in [0.1, 0.15) is 11.6 Å². The lowest BCUT2D eigenvalue weighted by Crippen LogP contribution is -2.38. The monoisotopic (exact) mass is 266 g/mol. The molecule has 19 heavy (non-hydrogen) atoms. The van der Waals surface area contributed by atoms with Crippen LogP contribution < -0.4 is 0 Å². The summed E-state index contributed by atoms with van der Waals surface area (Å²) in [6, 6.07) is 0.600. The van der Waals surface area contributed by atoms with Crippen molar-refractivity contribution in [2.45, 2.75) is 58.0 Å². The third kappa shape index (κ3) is 3.54. The summed E-state index contributed by atoms with van der Waals surface area (Å²) in [4.78, 5) is 2.38. The fourth-order valence-electron chi connectivity index (χ4n) is 2.99. The molecule has 1 aromatic rings. The molecule has 0 unspecified atom stereocenters. The van der Waals surface area contributed by atoms with Gasteiger partial charge in [0.2, 0.25) is 0 Å². The minimum Gasteiger partial charge on any atom is -0.395 e. The number of aliphatic hydroxyl groups excluding tert-OH is 1. The SMILES string of the molecule is CCc1nnc(CN(CCO)C2CCCCC2)n1C. The maximum Gasteiger partial charge on any atom is 0.146 e. The standard InChI is InChI=1S/C14H26N4O/c1-3-13-15-16-14(17(13)2)11-18(9-10-19)12-7-5-4-6-8-12/h12,19H,3-11H2,1-2H3. The Morgan fingerprint density at radius 3 is 2.47 bits per heavy atom. The molecule has 108 valence electrons. The Morgan fingerprint density at radius 2 is 1.89 bits per heavy atom. The van der Waals surface area contributed by atoms with E-state index in [1.165, 1.54) is 32.1 Å². The van der Waals surface area contributed by atoms with Gasteiger partial charge < -0.3 is 9.67 Å². The molecule has 0 spiro atoms. The van der Waals surface area contributed by atoms with E-state index in [0.29, 0.717) is 6.04 Å². The van der Waals surface area contributed by atoms with E-state index < -0.39 is 0 Å². The van der Waals surface area contributed by atoms with Crippen molar-refractivity contribution in [3.05, 3.63) is 11.6 Å². The van der Waals surface area contributed by atoms with Crippen LogP contribution in [0.25, 0.3) is 0 Å². The number of aromatic nitrogens is 3. The molecule has 0 bridgehead atoms. The second kappa shape index (κ2) is 7.01. The molecule has 1 heterocycles. The maximum absolute atomic E-state index is 9.28. The molecule has 0 atom stereocenters. The summed E-state index contributed by atoms with van der Waals surface area (Å²) in [5.41, 5.74) is 0. The molecule has 1 aromatic heterocycles. The molecule has 0 aromatic carbocycles. The molecule has 0 saturated heterocycles. The van der Waals surface area contributed by atoms with E-state index in [0.717, 1.165) is 31.2 Å². The van der Waals surface area contributed by atoms with E-state index in [1.807, 2.05) is 7.05 Å². The second-order valence-corrected chi connectivity index (χ2v) is 5.43. The molecule has 1 N–H and O–H groups in total. The number of aliphatic hydroxyl groups is 1. The average Bonchev–Trinajstić information content (AvgIpc) is 2.80. The van der Waals surface area contributed by atoms with Gasteiger partial charge in [0, 0.05) is 26.1 Å². The molecular weight excluding hydrogens is 240 g/mol. The molecule has 0 radical (unpaired) electrons. The normalized spacial score (nSPS) is 17.3. The van der Waals surface area contributed by atoms with Crippen molar-refractivity contribution < 1.29 is 5.11 Å². The molecule has 1 aliphatic carbocycles. The molecule has 1 fully saturated rings. The predicted octanol–water partition coefficient (Wildman–Crippen LogP) is 1.50. The van der Waals surface area contributed by atoms with E-state index >= 15 is 0 Å². The van der Waals surface area contributed by atoms with Crippen LogP contribution in [0, 0.1) is 0 Å². The number of aryl methyl sites for hydroxylation is 1. The lowest BCUT2D eigenvalue weighted by atomic mass is 9.94. The third-order valence-electron chi connectivity index (χ3n) is 4.19. The quantitative estimate of drug-likeness (QED) is 0.848. The minimum absolute atomic E-state index is 0.217. The van der Waals surface area contributed by atoms with Crippen molar-refractivity contribution in [1.29, 1.82) is 0 Å². The summed E-state index contributed by atoms with van der Waals surface area (Å²) in [5, 5.41) is 17.8. The van der Waals surface area contributed by atoms with Gasteiger partial charge in [-0.1, -0.05) is 26.2 Å². The lowest BCUT2D eigenvalue weighted by molar-refractivity contribution is 0.113. The van der Waals surface area contributed by atoms with Gasteiger partial charge in [-0.25, -0.2) is 0 Å².